The Labute approximate surface area is 195 Å². The summed E-state index contributed by atoms with van der Waals surface area (Å²) in [5.41, 5.74) is 6.18. The number of aryl methyl sites for hydroxylation is 2. The molecule has 1 saturated heterocycles. The van der Waals surface area contributed by atoms with Crippen LogP contribution >= 0.6 is 0 Å². The van der Waals surface area contributed by atoms with Gasteiger partial charge in [0, 0.05) is 32.7 Å². The van der Waals surface area contributed by atoms with Crippen molar-refractivity contribution in [2.75, 3.05) is 26.7 Å². The first-order chi connectivity index (χ1) is 15.9. The van der Waals surface area contributed by atoms with Crippen LogP contribution in [0.15, 0.2) is 59.8 Å². The number of likely N-dealkylation sites (tertiary alicyclic amines) is 1. The summed E-state index contributed by atoms with van der Waals surface area (Å²) in [6.07, 6.45) is 1.91. The van der Waals surface area contributed by atoms with Gasteiger partial charge in [-0.1, -0.05) is 54.1 Å². The first kappa shape index (κ1) is 21.7. The number of urea groups is 1. The van der Waals surface area contributed by atoms with E-state index in [-0.39, 0.29) is 24.0 Å². The van der Waals surface area contributed by atoms with Crippen LogP contribution in [0.4, 0.5) is 4.79 Å². The van der Waals surface area contributed by atoms with Gasteiger partial charge in [-0.2, -0.15) is 0 Å². The Kier molecular flexibility index (Phi) is 5.71. The van der Waals surface area contributed by atoms with Crippen LogP contribution in [0.3, 0.4) is 0 Å². The second-order valence-corrected chi connectivity index (χ2v) is 9.59. The predicted octanol–water partition coefficient (Wildman–Crippen LogP) is 3.76. The minimum Gasteiger partial charge on any atom is -0.330 e. The van der Waals surface area contributed by atoms with E-state index in [0.717, 1.165) is 54.9 Å². The summed E-state index contributed by atoms with van der Waals surface area (Å²) in [6.45, 7) is 7.52. The molecule has 2 aromatic rings. The third-order valence-corrected chi connectivity index (χ3v) is 7.37. The average Bonchev–Trinajstić information content (AvgIpc) is 3.15. The van der Waals surface area contributed by atoms with Crippen molar-refractivity contribution < 1.29 is 9.59 Å². The zero-order chi connectivity index (χ0) is 23.1. The lowest BCUT2D eigenvalue weighted by Gasteiger charge is -2.37. The highest BCUT2D eigenvalue weighted by Crippen LogP contribution is 2.38. The largest absolute Gasteiger partial charge is 0.330 e. The van der Waals surface area contributed by atoms with Gasteiger partial charge in [0.2, 0.25) is 0 Å². The van der Waals surface area contributed by atoms with Crippen LogP contribution in [-0.2, 0) is 11.3 Å². The molecule has 1 N–H and O–H groups in total. The summed E-state index contributed by atoms with van der Waals surface area (Å²) >= 11 is 0. The van der Waals surface area contributed by atoms with E-state index in [9.17, 15) is 9.59 Å². The maximum absolute atomic E-state index is 13.7. The van der Waals surface area contributed by atoms with E-state index in [1.54, 1.807) is 11.9 Å². The summed E-state index contributed by atoms with van der Waals surface area (Å²) in [5, 5.41) is 3.08. The molecule has 0 spiro atoms. The van der Waals surface area contributed by atoms with Crippen molar-refractivity contribution >= 4 is 11.9 Å². The molecule has 3 aliphatic heterocycles. The molecule has 3 aliphatic rings. The zero-order valence-electron chi connectivity index (χ0n) is 19.7. The topological polar surface area (TPSA) is 55.9 Å². The smallest absolute Gasteiger partial charge is 0.322 e. The number of nitrogens with one attached hydrogen (secondary N) is 1. The first-order valence-corrected chi connectivity index (χ1v) is 11.8. The maximum atomic E-state index is 13.7. The van der Waals surface area contributed by atoms with Crippen molar-refractivity contribution in [3.8, 4) is 0 Å². The van der Waals surface area contributed by atoms with E-state index >= 15 is 0 Å². The normalized spacial score (nSPS) is 22.1. The molecule has 33 heavy (non-hydrogen) atoms. The van der Waals surface area contributed by atoms with E-state index in [4.69, 9.17) is 0 Å². The van der Waals surface area contributed by atoms with Crippen molar-refractivity contribution in [1.29, 1.82) is 0 Å². The molecule has 0 bridgehead atoms. The quantitative estimate of drug-likeness (QED) is 0.781. The van der Waals surface area contributed by atoms with Gasteiger partial charge in [-0.3, -0.25) is 14.6 Å². The highest BCUT2D eigenvalue weighted by molar-refractivity contribution is 6.01. The van der Waals surface area contributed by atoms with Crippen LogP contribution in [-0.4, -0.2) is 59.4 Å². The molecule has 1 fully saturated rings. The Morgan fingerprint density at radius 3 is 2.42 bits per heavy atom. The van der Waals surface area contributed by atoms with E-state index < -0.39 is 0 Å². The molecule has 6 nitrogen and oxygen atoms in total. The molecule has 172 valence electrons. The highest BCUT2D eigenvalue weighted by atomic mass is 16.2. The van der Waals surface area contributed by atoms with Crippen molar-refractivity contribution in [3.05, 3.63) is 82.1 Å². The number of carbonyl (C=O) groups is 2. The third-order valence-electron chi connectivity index (χ3n) is 7.37. The highest BCUT2D eigenvalue weighted by Gasteiger charge is 2.45. The minimum absolute atomic E-state index is 0.0725. The van der Waals surface area contributed by atoms with Gasteiger partial charge < -0.3 is 10.2 Å². The summed E-state index contributed by atoms with van der Waals surface area (Å²) in [6, 6.07) is 16.4. The molecule has 0 aromatic heterocycles. The molecule has 0 radical (unpaired) electrons. The lowest BCUT2D eigenvalue weighted by molar-refractivity contribution is -0.128. The van der Waals surface area contributed by atoms with Crippen LogP contribution in [0, 0.1) is 13.8 Å². The van der Waals surface area contributed by atoms with Gasteiger partial charge in [-0.25, -0.2) is 4.79 Å². The number of likely N-dealkylation sites (N-methyl/N-ethyl adjacent to an activating group) is 1. The van der Waals surface area contributed by atoms with Crippen LogP contribution in [0.5, 0.6) is 0 Å². The lowest BCUT2D eigenvalue weighted by atomic mass is 9.91. The van der Waals surface area contributed by atoms with E-state index in [2.05, 4.69) is 47.5 Å². The maximum Gasteiger partial charge on any atom is 0.322 e. The molecule has 1 unspecified atom stereocenters. The lowest BCUT2D eigenvalue weighted by Crippen LogP contribution is -2.46. The molecule has 5 rings (SSSR count). The van der Waals surface area contributed by atoms with Gasteiger partial charge in [0.25, 0.3) is 5.91 Å². The number of hydrogen-bond acceptors (Lipinski definition) is 3. The van der Waals surface area contributed by atoms with Crippen molar-refractivity contribution in [2.24, 2.45) is 0 Å². The molecule has 0 aliphatic carbocycles. The van der Waals surface area contributed by atoms with Gasteiger partial charge in [0.05, 0.1) is 23.9 Å². The van der Waals surface area contributed by atoms with E-state index in [1.165, 1.54) is 11.1 Å². The van der Waals surface area contributed by atoms with Crippen LogP contribution < -0.4 is 5.32 Å². The Hall–Kier alpha value is -3.12. The van der Waals surface area contributed by atoms with Crippen molar-refractivity contribution in [3.63, 3.8) is 0 Å². The number of rotatable bonds is 4. The number of amides is 3. The standard InChI is InChI=1S/C27H32N4O2/c1-18-9-10-22(19(2)15-18)25-24-23(29(3)27(33)28-25)17-31(26(24)32)21-11-13-30(14-12-21)16-20-7-5-4-6-8-20/h4-10,15,21,25H,11-14,16-17H2,1-3H3,(H,28,33). The molecule has 3 amide bonds. The van der Waals surface area contributed by atoms with E-state index in [0.29, 0.717) is 6.54 Å². The van der Waals surface area contributed by atoms with Gasteiger partial charge in [0.1, 0.15) is 0 Å². The summed E-state index contributed by atoms with van der Waals surface area (Å²) < 4.78 is 0. The summed E-state index contributed by atoms with van der Waals surface area (Å²) in [5.74, 6) is 0.0725. The number of hydrogen-bond donors (Lipinski definition) is 1. The number of benzene rings is 2. The van der Waals surface area contributed by atoms with Crippen LogP contribution in [0.1, 0.15) is 41.1 Å². The third kappa shape index (κ3) is 4.04. The van der Waals surface area contributed by atoms with Crippen molar-refractivity contribution in [2.45, 2.75) is 45.3 Å². The van der Waals surface area contributed by atoms with Gasteiger partial charge >= 0.3 is 6.03 Å². The molecule has 3 heterocycles. The van der Waals surface area contributed by atoms with Crippen molar-refractivity contribution in [1.82, 2.24) is 20.0 Å². The number of piperidine rings is 1. The minimum atomic E-state index is -0.389. The fourth-order valence-electron chi connectivity index (χ4n) is 5.50. The molecule has 6 heteroatoms. The second-order valence-electron chi connectivity index (χ2n) is 9.59. The molecular formula is C27H32N4O2. The van der Waals surface area contributed by atoms with Gasteiger partial charge in [0.15, 0.2) is 0 Å². The van der Waals surface area contributed by atoms with Gasteiger partial charge in [-0.15, -0.1) is 0 Å². The second kappa shape index (κ2) is 8.67. The monoisotopic (exact) mass is 444 g/mol. The van der Waals surface area contributed by atoms with Crippen LogP contribution in [0.25, 0.3) is 0 Å². The fraction of sp³-hybridized carbons (Fsp3) is 0.407. The van der Waals surface area contributed by atoms with Gasteiger partial charge in [-0.05, 0) is 43.4 Å². The Morgan fingerprint density at radius 2 is 1.73 bits per heavy atom. The predicted molar refractivity (Wildman–Crippen MR) is 128 cm³/mol. The van der Waals surface area contributed by atoms with Crippen LogP contribution in [0.2, 0.25) is 0 Å². The fourth-order valence-corrected chi connectivity index (χ4v) is 5.50. The first-order valence-electron chi connectivity index (χ1n) is 11.8. The Morgan fingerprint density at radius 1 is 1.00 bits per heavy atom. The molecule has 2 aromatic carbocycles. The zero-order valence-corrected chi connectivity index (χ0v) is 19.7. The molecule has 0 saturated carbocycles. The average molecular weight is 445 g/mol. The Balaban J connectivity index is 1.33. The van der Waals surface area contributed by atoms with E-state index in [1.807, 2.05) is 30.0 Å². The summed E-state index contributed by atoms with van der Waals surface area (Å²) in [7, 11) is 1.77. The summed E-state index contributed by atoms with van der Waals surface area (Å²) in [4.78, 5) is 32.6. The number of nitrogens with zero attached hydrogens (tertiary/aromatic N) is 3. The number of carbonyl (C=O) groups excluding carboxylic acids is 2. The molecule has 1 atom stereocenters. The Bertz CT molecular complexity index is 1100. The SMILES string of the molecule is Cc1ccc(C2NC(=O)N(C)C3=C2C(=O)N(C2CCN(Cc4ccccc4)CC2)C3)c(C)c1. The molecular weight excluding hydrogens is 412 g/mol.